The Bertz CT molecular complexity index is 1970. The number of phenolic OH excluding ortho intramolecular Hbond substituents is 1. The Morgan fingerprint density at radius 3 is 2.59 bits per heavy atom. The molecule has 0 spiro atoms. The van der Waals surface area contributed by atoms with E-state index >= 15 is 0 Å². The number of phenols is 1. The third kappa shape index (κ3) is 5.34. The number of ether oxygens (including phenoxy) is 2. The number of aromatic nitrogens is 2. The number of thioether (sulfide) groups is 1. The van der Waals surface area contributed by atoms with Crippen LogP contribution in [0.4, 0.5) is 5.13 Å². The van der Waals surface area contributed by atoms with Gasteiger partial charge in [0.25, 0.3) is 5.91 Å². The number of benzene rings is 3. The molecule has 2 aromatic heterocycles. The van der Waals surface area contributed by atoms with E-state index in [1.807, 2.05) is 6.07 Å². The quantitative estimate of drug-likeness (QED) is 0.0929. The molecule has 1 aliphatic rings. The molecular weight excluding hydrogens is 649 g/mol. The first-order valence-electron chi connectivity index (χ1n) is 12.8. The molecular formula is C30H21Cl2N3O7S2. The van der Waals surface area contributed by atoms with Crippen molar-refractivity contribution < 1.29 is 33.7 Å². The number of methoxy groups -OCH3 is 2. The third-order valence-corrected chi connectivity index (χ3v) is 9.58. The number of hydrogen-bond donors (Lipinski definition) is 2. The number of anilines is 1. The monoisotopic (exact) mass is 669 g/mol. The van der Waals surface area contributed by atoms with Gasteiger partial charge in [0.2, 0.25) is 10.9 Å². The van der Waals surface area contributed by atoms with Crippen LogP contribution in [0.3, 0.4) is 0 Å². The first-order chi connectivity index (χ1) is 21.2. The van der Waals surface area contributed by atoms with E-state index in [9.17, 15) is 19.8 Å². The molecule has 0 fully saturated rings. The molecule has 1 amide bonds. The number of para-hydroxylation sites is 1. The number of Topliss-reactive ketones (excluding diaryl/α,β-unsaturated/α-hetero) is 1. The minimum Gasteiger partial charge on any atom is -0.504 e. The molecule has 5 aromatic rings. The molecule has 3 heterocycles. The second-order valence-electron chi connectivity index (χ2n) is 9.46. The molecule has 1 unspecified atom stereocenters. The molecule has 2 N–H and O–H groups in total. The molecule has 224 valence electrons. The maximum Gasteiger partial charge on any atom is 0.296 e. The summed E-state index contributed by atoms with van der Waals surface area (Å²) in [6, 6.07) is 15.1. The molecule has 3 aromatic carbocycles. The van der Waals surface area contributed by atoms with Gasteiger partial charge in [-0.05, 0) is 47.5 Å². The fourth-order valence-corrected chi connectivity index (χ4v) is 7.22. The molecule has 1 aliphatic heterocycles. The smallest absolute Gasteiger partial charge is 0.296 e. The van der Waals surface area contributed by atoms with E-state index < -0.39 is 23.5 Å². The van der Waals surface area contributed by atoms with Gasteiger partial charge in [0.05, 0.1) is 25.8 Å². The lowest BCUT2D eigenvalue weighted by Gasteiger charge is -2.24. The number of furan rings is 1. The van der Waals surface area contributed by atoms with Crippen LogP contribution in [0.5, 0.6) is 17.2 Å². The Labute approximate surface area is 268 Å². The van der Waals surface area contributed by atoms with Crippen LogP contribution in [0, 0.1) is 0 Å². The van der Waals surface area contributed by atoms with E-state index in [4.69, 9.17) is 37.1 Å². The summed E-state index contributed by atoms with van der Waals surface area (Å²) in [5.74, 6) is -1.61. The van der Waals surface area contributed by atoms with Crippen molar-refractivity contribution in [1.82, 2.24) is 10.2 Å². The van der Waals surface area contributed by atoms with Crippen LogP contribution in [0.1, 0.15) is 27.7 Å². The third-order valence-electron chi connectivity index (χ3n) is 6.89. The number of amides is 1. The fraction of sp³-hybridized carbons (Fsp3) is 0.133. The molecule has 0 aliphatic carbocycles. The SMILES string of the molecule is COc1cc(C2C(C(=O)c3cc4cccc(OC)c4o3)=C(O)C(=O)N2c2nnc(SCc3ccc(Cl)cc3Cl)s2)ccc1O. The lowest BCUT2D eigenvalue weighted by atomic mass is 9.95. The van der Waals surface area contributed by atoms with Crippen LogP contribution < -0.4 is 14.4 Å². The number of aromatic hydroxyl groups is 1. The normalized spacial score (nSPS) is 15.0. The van der Waals surface area contributed by atoms with Gasteiger partial charge in [0.1, 0.15) is 0 Å². The molecule has 0 saturated carbocycles. The molecule has 0 bridgehead atoms. The first-order valence-corrected chi connectivity index (χ1v) is 15.4. The van der Waals surface area contributed by atoms with Gasteiger partial charge in [-0.1, -0.05) is 70.6 Å². The van der Waals surface area contributed by atoms with E-state index in [1.165, 1.54) is 55.1 Å². The average Bonchev–Trinajstić information content (AvgIpc) is 3.73. The van der Waals surface area contributed by atoms with Gasteiger partial charge in [-0.15, -0.1) is 10.2 Å². The second-order valence-corrected chi connectivity index (χ2v) is 12.5. The van der Waals surface area contributed by atoms with Crippen LogP contribution in [0.15, 0.2) is 80.8 Å². The Balaban J connectivity index is 1.39. The van der Waals surface area contributed by atoms with E-state index in [0.29, 0.717) is 42.4 Å². The van der Waals surface area contributed by atoms with E-state index in [-0.39, 0.29) is 28.0 Å². The summed E-state index contributed by atoms with van der Waals surface area (Å²) in [4.78, 5) is 28.8. The molecule has 10 nitrogen and oxygen atoms in total. The molecule has 1 atom stereocenters. The standard InChI is InChI=1S/C30H21Cl2N3O7S2/c1-40-20-5-3-4-15-11-22(42-27(15)20)25(37)23-24(14-7-9-19(36)21(10-14)41-2)35(28(39)26(23)38)29-33-34-30(44-29)43-13-16-6-8-17(31)12-18(16)32/h3-12,24,36,38H,13H2,1-2H3. The maximum atomic E-state index is 14.0. The number of aliphatic hydroxyl groups excluding tert-OH is 1. The lowest BCUT2D eigenvalue weighted by Crippen LogP contribution is -2.31. The minimum atomic E-state index is -1.16. The summed E-state index contributed by atoms with van der Waals surface area (Å²) >= 11 is 14.8. The Hall–Kier alpha value is -4.23. The van der Waals surface area contributed by atoms with Crippen molar-refractivity contribution in [2.24, 2.45) is 0 Å². The number of hydrogen-bond acceptors (Lipinski definition) is 11. The van der Waals surface area contributed by atoms with Gasteiger partial charge in [0, 0.05) is 21.2 Å². The number of rotatable bonds is 9. The van der Waals surface area contributed by atoms with Gasteiger partial charge in [-0.2, -0.15) is 0 Å². The summed E-state index contributed by atoms with van der Waals surface area (Å²) in [6.07, 6.45) is 0. The predicted octanol–water partition coefficient (Wildman–Crippen LogP) is 7.39. The number of carbonyl (C=O) groups is 2. The lowest BCUT2D eigenvalue weighted by molar-refractivity contribution is -0.117. The topological polar surface area (TPSA) is 135 Å². The van der Waals surface area contributed by atoms with E-state index in [1.54, 1.807) is 30.3 Å². The highest BCUT2D eigenvalue weighted by Gasteiger charge is 2.47. The average molecular weight is 671 g/mol. The summed E-state index contributed by atoms with van der Waals surface area (Å²) in [5.41, 5.74) is 1.30. The first kappa shape index (κ1) is 29.8. The van der Waals surface area contributed by atoms with Gasteiger partial charge in [0.15, 0.2) is 38.7 Å². The zero-order valence-electron chi connectivity index (χ0n) is 22.9. The molecule has 14 heteroatoms. The van der Waals surface area contributed by atoms with Crippen molar-refractivity contribution in [1.29, 1.82) is 0 Å². The Morgan fingerprint density at radius 1 is 1.05 bits per heavy atom. The van der Waals surface area contributed by atoms with Gasteiger partial charge in [-0.25, -0.2) is 0 Å². The Morgan fingerprint density at radius 2 is 1.84 bits per heavy atom. The highest BCUT2D eigenvalue weighted by Crippen LogP contribution is 2.46. The zero-order chi connectivity index (χ0) is 31.1. The van der Waals surface area contributed by atoms with Crippen LogP contribution in [-0.4, -0.2) is 46.3 Å². The van der Waals surface area contributed by atoms with E-state index in [2.05, 4.69) is 10.2 Å². The van der Waals surface area contributed by atoms with Gasteiger partial charge < -0.3 is 24.1 Å². The number of fused-ring (bicyclic) bond motifs is 1. The maximum absolute atomic E-state index is 14.0. The number of carbonyl (C=O) groups excluding carboxylic acids is 2. The summed E-state index contributed by atoms with van der Waals surface area (Å²) in [6.45, 7) is 0. The predicted molar refractivity (Wildman–Crippen MR) is 168 cm³/mol. The highest BCUT2D eigenvalue weighted by molar-refractivity contribution is 8.00. The highest BCUT2D eigenvalue weighted by atomic mass is 35.5. The van der Waals surface area contributed by atoms with Crippen LogP contribution in [0.25, 0.3) is 11.0 Å². The second kappa shape index (κ2) is 12.0. The van der Waals surface area contributed by atoms with Crippen molar-refractivity contribution in [3.8, 4) is 17.2 Å². The molecule has 6 rings (SSSR count). The molecule has 0 radical (unpaired) electrons. The van der Waals surface area contributed by atoms with E-state index in [0.717, 1.165) is 16.9 Å². The van der Waals surface area contributed by atoms with Crippen molar-refractivity contribution in [3.05, 3.63) is 98.9 Å². The van der Waals surface area contributed by atoms with Crippen LogP contribution in [0.2, 0.25) is 10.0 Å². The minimum absolute atomic E-state index is 0.106. The summed E-state index contributed by atoms with van der Waals surface area (Å²) in [5, 5.41) is 31.6. The summed E-state index contributed by atoms with van der Waals surface area (Å²) in [7, 11) is 2.85. The summed E-state index contributed by atoms with van der Waals surface area (Å²) < 4.78 is 17.0. The van der Waals surface area contributed by atoms with Crippen molar-refractivity contribution in [2.75, 3.05) is 19.1 Å². The zero-order valence-corrected chi connectivity index (χ0v) is 26.1. The number of aliphatic hydroxyl groups is 1. The number of halogens is 2. The van der Waals surface area contributed by atoms with Crippen LogP contribution >= 0.6 is 46.3 Å². The van der Waals surface area contributed by atoms with Crippen LogP contribution in [-0.2, 0) is 10.5 Å². The van der Waals surface area contributed by atoms with Gasteiger partial charge in [-0.3, -0.25) is 14.5 Å². The molecule has 0 saturated heterocycles. The number of nitrogens with zero attached hydrogens (tertiary/aromatic N) is 3. The largest absolute Gasteiger partial charge is 0.504 e. The molecule has 44 heavy (non-hydrogen) atoms. The van der Waals surface area contributed by atoms with Crippen molar-refractivity contribution in [3.63, 3.8) is 0 Å². The number of ketones is 1. The Kier molecular flexibility index (Phi) is 8.16. The fourth-order valence-electron chi connectivity index (χ4n) is 4.79. The van der Waals surface area contributed by atoms with Crippen molar-refractivity contribution >= 4 is 74.1 Å². The van der Waals surface area contributed by atoms with Gasteiger partial charge >= 0.3 is 0 Å². The van der Waals surface area contributed by atoms with Crippen molar-refractivity contribution in [2.45, 2.75) is 16.1 Å².